The Balaban J connectivity index is 0.00000541. The smallest absolute Gasteiger partial charge is 0.417 e. The molecule has 1 unspecified atom stereocenters. The molecule has 10 heteroatoms. The van der Waals surface area contributed by atoms with E-state index in [4.69, 9.17) is 16.3 Å². The lowest BCUT2D eigenvalue weighted by Gasteiger charge is -2.29. The number of ether oxygens (including phenoxy) is 1. The van der Waals surface area contributed by atoms with Gasteiger partial charge in [-0.05, 0) is 65.2 Å². The molecule has 5 rings (SSSR count). The topological polar surface area (TPSA) is 41.6 Å². The Hall–Kier alpha value is -3.82. The summed E-state index contributed by atoms with van der Waals surface area (Å²) in [5.74, 6) is 0.581. The Morgan fingerprint density at radius 3 is 2.20 bits per heavy atom. The number of nitrogens with zero attached hydrogens (tertiary/aromatic N) is 1. The molecule has 0 aliphatic carbocycles. The van der Waals surface area contributed by atoms with Crippen LogP contribution in [-0.4, -0.2) is 30.5 Å². The van der Waals surface area contributed by atoms with E-state index in [0.29, 0.717) is 37.4 Å². The van der Waals surface area contributed by atoms with E-state index in [0.717, 1.165) is 27.6 Å². The van der Waals surface area contributed by atoms with E-state index in [1.807, 2.05) is 85.1 Å². The highest BCUT2D eigenvalue weighted by atomic mass is 35.5. The predicted octanol–water partition coefficient (Wildman–Crippen LogP) is 10.4. The van der Waals surface area contributed by atoms with E-state index in [2.05, 4.69) is 34.5 Å². The minimum Gasteiger partial charge on any atom is -0.494 e. The Morgan fingerprint density at radius 2 is 1.57 bits per heavy atom. The number of rotatable bonds is 15. The second kappa shape index (κ2) is 18.3. The van der Waals surface area contributed by atoms with Crippen LogP contribution in [0.4, 0.5) is 13.2 Å². The van der Waals surface area contributed by atoms with Gasteiger partial charge in [-0.2, -0.15) is 13.2 Å². The first-order chi connectivity index (χ1) is 23.2. The molecule has 1 heterocycles. The van der Waals surface area contributed by atoms with Crippen LogP contribution in [0.5, 0.6) is 5.75 Å². The van der Waals surface area contributed by atoms with Gasteiger partial charge in [-0.25, -0.2) is 0 Å². The molecular formula is C39H39Cl2F3N2O2S. The third kappa shape index (κ3) is 11.1. The summed E-state index contributed by atoms with van der Waals surface area (Å²) in [5.41, 5.74) is 2.67. The zero-order valence-electron chi connectivity index (χ0n) is 27.0. The van der Waals surface area contributed by atoms with E-state index in [1.54, 1.807) is 17.4 Å². The first-order valence-electron chi connectivity index (χ1n) is 15.9. The van der Waals surface area contributed by atoms with Crippen molar-refractivity contribution in [1.82, 2.24) is 10.2 Å². The van der Waals surface area contributed by atoms with Crippen LogP contribution in [0.2, 0.25) is 5.02 Å². The van der Waals surface area contributed by atoms with Gasteiger partial charge in [0.15, 0.2) is 0 Å². The van der Waals surface area contributed by atoms with Crippen LogP contribution >= 0.6 is 35.3 Å². The van der Waals surface area contributed by atoms with Gasteiger partial charge in [0.2, 0.25) is 5.91 Å². The summed E-state index contributed by atoms with van der Waals surface area (Å²) in [4.78, 5) is 15.9. The van der Waals surface area contributed by atoms with Crippen molar-refractivity contribution < 1.29 is 22.7 Å². The summed E-state index contributed by atoms with van der Waals surface area (Å²) in [6.07, 6.45) is -3.69. The monoisotopic (exact) mass is 726 g/mol. The average Bonchev–Trinajstić information content (AvgIpc) is 3.62. The standard InChI is InChI=1S/C39H38ClF3N2O2S.ClH/c1-28(36-20-10-23-48-36)44-37(46)25-29-12-8-18-33(24-29)47-22-11-21-45(26-32-17-9-19-35(38(32)40)39(41,42)43)27-34(30-13-4-2-5-14-30)31-15-6-3-7-16-31;/h2-10,12-20,23-24,28,34H,11,21-22,25-27H2,1H3,(H,44,46);1H. The Kier molecular flexibility index (Phi) is 14.2. The van der Waals surface area contributed by atoms with E-state index in [1.165, 1.54) is 6.07 Å². The van der Waals surface area contributed by atoms with Crippen LogP contribution in [0.15, 0.2) is 121 Å². The molecule has 0 aliphatic rings. The van der Waals surface area contributed by atoms with Gasteiger partial charge in [-0.15, -0.1) is 23.7 Å². The molecule has 5 aromatic rings. The molecule has 0 aliphatic heterocycles. The van der Waals surface area contributed by atoms with Crippen LogP contribution in [0, 0.1) is 0 Å². The van der Waals surface area contributed by atoms with Gasteiger partial charge in [-0.3, -0.25) is 9.69 Å². The number of thiophene rings is 1. The van der Waals surface area contributed by atoms with Crippen molar-refractivity contribution >= 4 is 41.3 Å². The molecule has 0 fully saturated rings. The lowest BCUT2D eigenvalue weighted by Crippen LogP contribution is -2.31. The zero-order valence-corrected chi connectivity index (χ0v) is 29.4. The summed E-state index contributed by atoms with van der Waals surface area (Å²) in [6.45, 7) is 3.72. The van der Waals surface area contributed by atoms with Crippen molar-refractivity contribution in [2.45, 2.75) is 44.4 Å². The van der Waals surface area contributed by atoms with E-state index >= 15 is 0 Å². The third-order valence-corrected chi connectivity index (χ3v) is 9.62. The van der Waals surface area contributed by atoms with Gasteiger partial charge in [-0.1, -0.05) is 103 Å². The molecular weight excluding hydrogens is 688 g/mol. The van der Waals surface area contributed by atoms with Crippen LogP contribution in [0.1, 0.15) is 58.0 Å². The fourth-order valence-corrected chi connectivity index (χ4v) is 6.77. The summed E-state index contributed by atoms with van der Waals surface area (Å²) in [6, 6.07) is 35.7. The van der Waals surface area contributed by atoms with Crippen LogP contribution < -0.4 is 10.1 Å². The molecule has 1 atom stereocenters. The number of carbonyl (C=O) groups excluding carboxylic acids is 1. The van der Waals surface area contributed by atoms with Crippen molar-refractivity contribution in [3.63, 3.8) is 0 Å². The van der Waals surface area contributed by atoms with Crippen molar-refractivity contribution in [1.29, 1.82) is 0 Å². The molecule has 0 saturated heterocycles. The highest BCUT2D eigenvalue weighted by molar-refractivity contribution is 7.10. The maximum atomic E-state index is 13.7. The number of halogens is 5. The van der Waals surface area contributed by atoms with Gasteiger partial charge in [0.25, 0.3) is 0 Å². The Bertz CT molecular complexity index is 1700. The molecule has 1 N–H and O–H groups in total. The molecule has 0 spiro atoms. The molecule has 258 valence electrons. The Morgan fingerprint density at radius 1 is 0.898 bits per heavy atom. The summed E-state index contributed by atoms with van der Waals surface area (Å²) < 4.78 is 47.2. The summed E-state index contributed by atoms with van der Waals surface area (Å²) >= 11 is 7.96. The number of hydrogen-bond acceptors (Lipinski definition) is 4. The van der Waals surface area contributed by atoms with Gasteiger partial charge < -0.3 is 10.1 Å². The van der Waals surface area contributed by atoms with Crippen molar-refractivity contribution in [2.75, 3.05) is 19.7 Å². The minimum absolute atomic E-state index is 0. The molecule has 1 aromatic heterocycles. The second-order valence-corrected chi connectivity index (χ2v) is 13.1. The number of nitrogens with one attached hydrogen (secondary N) is 1. The van der Waals surface area contributed by atoms with Crippen molar-refractivity contribution in [3.05, 3.63) is 158 Å². The molecule has 49 heavy (non-hydrogen) atoms. The fraction of sp³-hybridized carbons (Fsp3) is 0.256. The maximum absolute atomic E-state index is 13.7. The van der Waals surface area contributed by atoms with Gasteiger partial charge in [0.05, 0.1) is 29.7 Å². The number of carbonyl (C=O) groups is 1. The number of alkyl halides is 3. The number of hydrogen-bond donors (Lipinski definition) is 1. The van der Waals surface area contributed by atoms with Crippen LogP contribution in [-0.2, 0) is 23.9 Å². The lowest BCUT2D eigenvalue weighted by atomic mass is 9.90. The Labute approximate surface area is 301 Å². The predicted molar refractivity (Wildman–Crippen MR) is 195 cm³/mol. The molecule has 4 nitrogen and oxygen atoms in total. The summed E-state index contributed by atoms with van der Waals surface area (Å²) in [5, 5.41) is 4.76. The third-order valence-electron chi connectivity index (χ3n) is 8.12. The lowest BCUT2D eigenvalue weighted by molar-refractivity contribution is -0.137. The van der Waals surface area contributed by atoms with Gasteiger partial charge in [0.1, 0.15) is 5.75 Å². The second-order valence-electron chi connectivity index (χ2n) is 11.7. The normalized spacial score (nSPS) is 12.1. The zero-order chi connectivity index (χ0) is 33.9. The van der Waals surface area contributed by atoms with Crippen LogP contribution in [0.25, 0.3) is 0 Å². The first kappa shape index (κ1) is 38.0. The minimum atomic E-state index is -4.54. The van der Waals surface area contributed by atoms with Crippen LogP contribution in [0.3, 0.4) is 0 Å². The highest BCUT2D eigenvalue weighted by Crippen LogP contribution is 2.37. The average molecular weight is 728 g/mol. The molecule has 0 saturated carbocycles. The SMILES string of the molecule is CC(NC(=O)Cc1cccc(OCCCN(Cc2cccc(C(F)(F)F)c2Cl)CC(c2ccccc2)c2ccccc2)c1)c1cccs1.Cl. The van der Waals surface area contributed by atoms with Crippen molar-refractivity contribution in [3.8, 4) is 5.75 Å². The number of benzene rings is 4. The molecule has 4 aromatic carbocycles. The maximum Gasteiger partial charge on any atom is 0.417 e. The number of amides is 1. The highest BCUT2D eigenvalue weighted by Gasteiger charge is 2.34. The summed E-state index contributed by atoms with van der Waals surface area (Å²) in [7, 11) is 0. The van der Waals surface area contributed by atoms with Gasteiger partial charge in [0, 0.05) is 30.4 Å². The fourth-order valence-electron chi connectivity index (χ4n) is 5.74. The molecule has 0 bridgehead atoms. The first-order valence-corrected chi connectivity index (χ1v) is 17.1. The molecule has 1 amide bonds. The van der Waals surface area contributed by atoms with Gasteiger partial charge >= 0.3 is 6.18 Å². The largest absolute Gasteiger partial charge is 0.494 e. The van der Waals surface area contributed by atoms with E-state index in [9.17, 15) is 18.0 Å². The van der Waals surface area contributed by atoms with E-state index in [-0.39, 0.29) is 48.3 Å². The molecule has 0 radical (unpaired) electrons. The van der Waals surface area contributed by atoms with E-state index < -0.39 is 11.7 Å². The van der Waals surface area contributed by atoms with Crippen molar-refractivity contribution in [2.24, 2.45) is 0 Å². The quantitative estimate of drug-likeness (QED) is 0.109.